The zero-order valence-electron chi connectivity index (χ0n) is 11.3. The van der Waals surface area contributed by atoms with Crippen LogP contribution in [0.15, 0.2) is 36.4 Å². The summed E-state index contributed by atoms with van der Waals surface area (Å²) in [6.45, 7) is 6.26. The summed E-state index contributed by atoms with van der Waals surface area (Å²) in [6.07, 6.45) is 0. The van der Waals surface area contributed by atoms with Crippen molar-refractivity contribution >= 4 is 0 Å². The van der Waals surface area contributed by atoms with E-state index in [9.17, 15) is 15.3 Å². The first-order valence-electron chi connectivity index (χ1n) is 6.14. The van der Waals surface area contributed by atoms with Crippen LogP contribution in [0.3, 0.4) is 0 Å². The topological polar surface area (TPSA) is 60.7 Å². The van der Waals surface area contributed by atoms with Crippen molar-refractivity contribution in [3.63, 3.8) is 0 Å². The molecule has 100 valence electrons. The van der Waals surface area contributed by atoms with Crippen molar-refractivity contribution in [3.8, 4) is 28.4 Å². The highest BCUT2D eigenvalue weighted by molar-refractivity contribution is 5.73. The van der Waals surface area contributed by atoms with E-state index in [0.717, 1.165) is 5.56 Å². The molecular formula is C16H18O3. The predicted molar refractivity (Wildman–Crippen MR) is 75.6 cm³/mol. The number of phenols is 3. The molecule has 0 heterocycles. The highest BCUT2D eigenvalue weighted by Crippen LogP contribution is 2.36. The Balaban J connectivity index is 2.61. The Labute approximate surface area is 112 Å². The van der Waals surface area contributed by atoms with Gasteiger partial charge in [0, 0.05) is 11.6 Å². The lowest BCUT2D eigenvalue weighted by atomic mass is 9.85. The van der Waals surface area contributed by atoms with E-state index >= 15 is 0 Å². The van der Waals surface area contributed by atoms with Crippen LogP contribution < -0.4 is 0 Å². The van der Waals surface area contributed by atoms with Crippen LogP contribution in [0.4, 0.5) is 0 Å². The summed E-state index contributed by atoms with van der Waals surface area (Å²) >= 11 is 0. The smallest absolute Gasteiger partial charge is 0.123 e. The number of hydrogen-bond acceptors (Lipinski definition) is 3. The number of aromatic hydroxyl groups is 3. The molecule has 2 rings (SSSR count). The third kappa shape index (κ3) is 2.81. The third-order valence-electron chi connectivity index (χ3n) is 3.08. The first-order chi connectivity index (χ1) is 8.77. The van der Waals surface area contributed by atoms with Gasteiger partial charge in [0.2, 0.25) is 0 Å². The molecule has 0 radical (unpaired) electrons. The maximum absolute atomic E-state index is 9.97. The highest BCUT2D eigenvalue weighted by atomic mass is 16.3. The lowest BCUT2D eigenvalue weighted by Crippen LogP contribution is -2.10. The van der Waals surface area contributed by atoms with Crippen LogP contribution in [0.25, 0.3) is 11.1 Å². The summed E-state index contributed by atoms with van der Waals surface area (Å²) in [6, 6.07) is 9.68. The normalized spacial score (nSPS) is 11.5. The molecule has 2 aromatic rings. The van der Waals surface area contributed by atoms with Gasteiger partial charge in [-0.15, -0.1) is 0 Å². The van der Waals surface area contributed by atoms with Crippen LogP contribution in [0, 0.1) is 0 Å². The van der Waals surface area contributed by atoms with Gasteiger partial charge in [0.1, 0.15) is 17.2 Å². The lowest BCUT2D eigenvalue weighted by Gasteiger charge is -2.20. The Morgan fingerprint density at radius 3 is 1.89 bits per heavy atom. The largest absolute Gasteiger partial charge is 0.508 e. The van der Waals surface area contributed by atoms with Crippen molar-refractivity contribution in [2.24, 2.45) is 0 Å². The van der Waals surface area contributed by atoms with Crippen molar-refractivity contribution in [2.45, 2.75) is 26.2 Å². The molecule has 19 heavy (non-hydrogen) atoms. The number of phenolic OH excluding ortho intramolecular Hbond substituents is 3. The van der Waals surface area contributed by atoms with Gasteiger partial charge in [-0.2, -0.15) is 0 Å². The minimum atomic E-state index is -0.0404. The van der Waals surface area contributed by atoms with E-state index in [1.54, 1.807) is 6.07 Å². The number of rotatable bonds is 1. The van der Waals surface area contributed by atoms with Crippen LogP contribution in [0.2, 0.25) is 0 Å². The maximum atomic E-state index is 9.97. The molecule has 0 unspecified atom stereocenters. The van der Waals surface area contributed by atoms with E-state index in [1.807, 2.05) is 12.1 Å². The molecule has 0 aromatic heterocycles. The molecule has 0 spiro atoms. The number of benzene rings is 2. The molecule has 0 saturated heterocycles. The summed E-state index contributed by atoms with van der Waals surface area (Å²) < 4.78 is 0. The summed E-state index contributed by atoms with van der Waals surface area (Å²) in [5.74, 6) is 0.0594. The second-order valence-electron chi connectivity index (χ2n) is 5.72. The number of hydrogen-bond donors (Lipinski definition) is 3. The van der Waals surface area contributed by atoms with Gasteiger partial charge in [0.25, 0.3) is 0 Å². The summed E-state index contributed by atoms with van der Waals surface area (Å²) in [5.41, 5.74) is 2.21. The van der Waals surface area contributed by atoms with Crippen LogP contribution in [-0.4, -0.2) is 15.3 Å². The van der Waals surface area contributed by atoms with E-state index in [2.05, 4.69) is 20.8 Å². The Kier molecular flexibility index (Phi) is 3.14. The van der Waals surface area contributed by atoms with Crippen LogP contribution >= 0.6 is 0 Å². The molecule has 3 nitrogen and oxygen atoms in total. The standard InChI is InChI=1S/C16H18O3/c1-16(2,3)11-4-5-15(19)14(8-11)10-6-12(17)9-13(18)7-10/h4-9,17-19H,1-3H3. The Hall–Kier alpha value is -2.16. The molecule has 3 N–H and O–H groups in total. The Morgan fingerprint density at radius 2 is 1.37 bits per heavy atom. The fourth-order valence-electron chi connectivity index (χ4n) is 1.98. The Bertz CT molecular complexity index is 590. The summed E-state index contributed by atoms with van der Waals surface area (Å²) in [5, 5.41) is 29.0. The van der Waals surface area contributed by atoms with Gasteiger partial charge >= 0.3 is 0 Å². The molecular weight excluding hydrogens is 240 g/mol. The van der Waals surface area contributed by atoms with E-state index in [4.69, 9.17) is 0 Å². The SMILES string of the molecule is CC(C)(C)c1ccc(O)c(-c2cc(O)cc(O)c2)c1. The molecule has 0 aliphatic carbocycles. The van der Waals surface area contributed by atoms with Crippen molar-refractivity contribution < 1.29 is 15.3 Å². The van der Waals surface area contributed by atoms with E-state index in [0.29, 0.717) is 11.1 Å². The van der Waals surface area contributed by atoms with Gasteiger partial charge in [-0.1, -0.05) is 26.8 Å². The summed E-state index contributed by atoms with van der Waals surface area (Å²) in [7, 11) is 0. The van der Waals surface area contributed by atoms with Crippen LogP contribution in [-0.2, 0) is 5.41 Å². The van der Waals surface area contributed by atoms with E-state index in [1.165, 1.54) is 18.2 Å². The minimum absolute atomic E-state index is 0.0319. The molecule has 0 bridgehead atoms. The van der Waals surface area contributed by atoms with Gasteiger partial charge in [0.15, 0.2) is 0 Å². The molecule has 0 aliphatic heterocycles. The van der Waals surface area contributed by atoms with Gasteiger partial charge in [0.05, 0.1) is 0 Å². The van der Waals surface area contributed by atoms with E-state index < -0.39 is 0 Å². The van der Waals surface area contributed by atoms with Crippen molar-refractivity contribution in [3.05, 3.63) is 42.0 Å². The zero-order valence-corrected chi connectivity index (χ0v) is 11.3. The second-order valence-corrected chi connectivity index (χ2v) is 5.72. The molecule has 2 aromatic carbocycles. The molecule has 3 heteroatoms. The maximum Gasteiger partial charge on any atom is 0.123 e. The highest BCUT2D eigenvalue weighted by Gasteiger charge is 2.16. The first-order valence-corrected chi connectivity index (χ1v) is 6.14. The fraction of sp³-hybridized carbons (Fsp3) is 0.250. The van der Waals surface area contributed by atoms with Crippen LogP contribution in [0.1, 0.15) is 26.3 Å². The fourth-order valence-corrected chi connectivity index (χ4v) is 1.98. The van der Waals surface area contributed by atoms with Gasteiger partial charge in [-0.25, -0.2) is 0 Å². The lowest BCUT2D eigenvalue weighted by molar-refractivity contribution is 0.451. The van der Waals surface area contributed by atoms with Crippen molar-refractivity contribution in [1.82, 2.24) is 0 Å². The monoisotopic (exact) mass is 258 g/mol. The van der Waals surface area contributed by atoms with Gasteiger partial charge in [-0.3, -0.25) is 0 Å². The summed E-state index contributed by atoms with van der Waals surface area (Å²) in [4.78, 5) is 0. The Morgan fingerprint density at radius 1 is 0.789 bits per heavy atom. The molecule has 0 atom stereocenters. The molecule has 0 saturated carbocycles. The predicted octanol–water partition coefficient (Wildman–Crippen LogP) is 3.77. The van der Waals surface area contributed by atoms with Gasteiger partial charge < -0.3 is 15.3 Å². The minimum Gasteiger partial charge on any atom is -0.508 e. The molecule has 0 amide bonds. The molecule has 0 aliphatic rings. The van der Waals surface area contributed by atoms with Crippen molar-refractivity contribution in [2.75, 3.05) is 0 Å². The van der Waals surface area contributed by atoms with Crippen LogP contribution in [0.5, 0.6) is 17.2 Å². The zero-order chi connectivity index (χ0) is 14.2. The first kappa shape index (κ1) is 13.3. The third-order valence-corrected chi connectivity index (χ3v) is 3.08. The second kappa shape index (κ2) is 4.50. The molecule has 0 fully saturated rings. The average Bonchev–Trinajstić information content (AvgIpc) is 2.26. The average molecular weight is 258 g/mol. The van der Waals surface area contributed by atoms with E-state index in [-0.39, 0.29) is 22.7 Å². The quantitative estimate of drug-likeness (QED) is 0.729. The van der Waals surface area contributed by atoms with Gasteiger partial charge in [-0.05, 0) is 40.8 Å². The van der Waals surface area contributed by atoms with Crippen molar-refractivity contribution in [1.29, 1.82) is 0 Å².